The number of hydrogen-bond acceptors (Lipinski definition) is 20. The SMILES string of the molecule is CCCCCC/C=C\CCCC(=O)O[C@H](CCCCCCC)CCOCC(COP(=O)(O)OCCNC(=O)CC(=O)NCCOP(=O)(O)OCC(COCC[C@@H](CCCCCCC)OC(=O)CCC/C=C\CCCCCC)NC(=O)C[C@@H](CCCCCCCCCCC)OC(=O)CCC/C=C/CCCCCC)NC(=O)C[C@@H](CCCCCCCCCCC)OC(=O)CCC/C=C/CCCCCC. The van der Waals surface area contributed by atoms with E-state index in [0.29, 0.717) is 64.2 Å². The Morgan fingerprint density at radius 1 is 0.255 bits per heavy atom. The van der Waals surface area contributed by atoms with Gasteiger partial charge in [0.1, 0.15) is 30.8 Å². The molecule has 4 amide bonds. The monoisotopic (exact) mass is 1980 g/mol. The topological polar surface area (TPSA) is 352 Å². The number of amides is 4. The van der Waals surface area contributed by atoms with Gasteiger partial charge in [-0.25, -0.2) is 9.13 Å². The van der Waals surface area contributed by atoms with Crippen LogP contribution in [0.4, 0.5) is 0 Å². The molecule has 0 aliphatic carbocycles. The zero-order valence-corrected chi connectivity index (χ0v) is 89.7. The summed E-state index contributed by atoms with van der Waals surface area (Å²) in [6, 6.07) is -2.03. The fraction of sp³-hybridized carbons (Fsp3) is 0.853. The molecule has 0 radical (unpaired) electrons. The van der Waals surface area contributed by atoms with Gasteiger partial charge in [0.05, 0.1) is 77.8 Å². The summed E-state index contributed by atoms with van der Waals surface area (Å²) in [6.07, 6.45) is 76.2. The Morgan fingerprint density at radius 2 is 0.482 bits per heavy atom. The minimum absolute atomic E-state index is 0.123. The smallest absolute Gasteiger partial charge is 0.462 e. The molecular weight excluding hydrogens is 1780 g/mol. The van der Waals surface area contributed by atoms with Gasteiger partial charge >= 0.3 is 39.5 Å². The quantitative estimate of drug-likeness (QED) is 0.00822. The zero-order chi connectivity index (χ0) is 101. The summed E-state index contributed by atoms with van der Waals surface area (Å²) < 4.78 is 85.1. The van der Waals surface area contributed by atoms with Crippen molar-refractivity contribution < 1.29 is 104 Å². The van der Waals surface area contributed by atoms with Crippen LogP contribution in [-0.2, 0) is 94.0 Å². The van der Waals surface area contributed by atoms with Crippen molar-refractivity contribution in [2.24, 2.45) is 0 Å². The molecule has 26 nitrogen and oxygen atoms in total. The molecule has 0 spiro atoms. The molecule has 0 fully saturated rings. The van der Waals surface area contributed by atoms with Gasteiger partial charge in [0.25, 0.3) is 0 Å². The van der Waals surface area contributed by atoms with Crippen molar-refractivity contribution in [1.82, 2.24) is 21.3 Å². The summed E-state index contributed by atoms with van der Waals surface area (Å²) >= 11 is 0. The number of phosphoric ester groups is 2. The molecule has 0 aromatic heterocycles. The molecule has 0 saturated heterocycles. The maximum atomic E-state index is 14.2. The van der Waals surface area contributed by atoms with Crippen molar-refractivity contribution in [1.29, 1.82) is 0 Å². The summed E-state index contributed by atoms with van der Waals surface area (Å²) in [6.45, 7) is 14.5. The molecule has 0 saturated carbocycles. The Labute approximate surface area is 833 Å². The maximum Gasteiger partial charge on any atom is 0.472 e. The third kappa shape index (κ3) is 93.0. The van der Waals surface area contributed by atoms with Crippen LogP contribution in [0.15, 0.2) is 48.6 Å². The lowest BCUT2D eigenvalue weighted by Gasteiger charge is -2.23. The van der Waals surface area contributed by atoms with E-state index < -0.39 is 109 Å². The lowest BCUT2D eigenvalue weighted by Crippen LogP contribution is -2.43. The normalized spacial score (nSPS) is 14.0. The van der Waals surface area contributed by atoms with Crippen molar-refractivity contribution >= 4 is 63.2 Å². The molecule has 0 aromatic carbocycles. The Bertz CT molecular complexity index is 2910. The molecule has 800 valence electrons. The van der Waals surface area contributed by atoms with Gasteiger partial charge in [-0.3, -0.25) is 56.5 Å². The van der Waals surface area contributed by atoms with E-state index in [0.717, 1.165) is 205 Å². The molecule has 6 N–H and O–H groups in total. The summed E-state index contributed by atoms with van der Waals surface area (Å²) in [5.74, 6) is -3.90. The van der Waals surface area contributed by atoms with Crippen LogP contribution in [0.1, 0.15) is 498 Å². The second-order valence-electron chi connectivity index (χ2n) is 37.7. The van der Waals surface area contributed by atoms with Gasteiger partial charge in [-0.2, -0.15) is 0 Å². The predicted molar refractivity (Wildman–Crippen MR) is 555 cm³/mol. The maximum absolute atomic E-state index is 14.2. The van der Waals surface area contributed by atoms with E-state index in [4.69, 9.17) is 46.5 Å². The van der Waals surface area contributed by atoms with Gasteiger partial charge < -0.3 is 59.5 Å². The zero-order valence-electron chi connectivity index (χ0n) is 87.9. The van der Waals surface area contributed by atoms with Gasteiger partial charge in [0.2, 0.25) is 23.6 Å². The molecule has 137 heavy (non-hydrogen) atoms. The molecule has 0 aliphatic heterocycles. The Balaban J connectivity index is 6.48. The summed E-state index contributed by atoms with van der Waals surface area (Å²) in [7, 11) is -9.79. The van der Waals surface area contributed by atoms with Crippen molar-refractivity contribution in [3.8, 4) is 0 Å². The highest BCUT2D eigenvalue weighted by atomic mass is 31.2. The Kier molecular flexibility index (Phi) is 94.6. The van der Waals surface area contributed by atoms with E-state index in [9.17, 15) is 57.3 Å². The number of unbranched alkanes of at least 4 members (excludes halogenated alkanes) is 44. The van der Waals surface area contributed by atoms with Crippen molar-refractivity contribution in [3.63, 3.8) is 0 Å². The molecule has 0 bridgehead atoms. The largest absolute Gasteiger partial charge is 0.472 e. The van der Waals surface area contributed by atoms with Crippen LogP contribution < -0.4 is 21.3 Å². The first-order valence-corrected chi connectivity index (χ1v) is 58.5. The van der Waals surface area contributed by atoms with Crippen molar-refractivity contribution in [3.05, 3.63) is 48.6 Å². The average molecular weight is 1980 g/mol. The average Bonchev–Trinajstić information content (AvgIpc) is 0.901. The van der Waals surface area contributed by atoms with E-state index in [1.807, 2.05) is 0 Å². The van der Waals surface area contributed by atoms with E-state index >= 15 is 0 Å². The van der Waals surface area contributed by atoms with E-state index in [1.54, 1.807) is 0 Å². The summed E-state index contributed by atoms with van der Waals surface area (Å²) in [4.78, 5) is 130. The number of carbonyl (C=O) groups is 8. The van der Waals surface area contributed by atoms with Gasteiger partial charge in [-0.05, 0) is 154 Å². The van der Waals surface area contributed by atoms with E-state index in [1.165, 1.54) is 128 Å². The van der Waals surface area contributed by atoms with Gasteiger partial charge in [-0.1, -0.05) is 335 Å². The summed E-state index contributed by atoms with van der Waals surface area (Å²) in [5, 5.41) is 10.7. The highest BCUT2D eigenvalue weighted by molar-refractivity contribution is 7.47. The number of nitrogens with one attached hydrogen (secondary N) is 4. The molecule has 0 rings (SSSR count). The van der Waals surface area contributed by atoms with Crippen LogP contribution in [0.25, 0.3) is 0 Å². The first kappa shape index (κ1) is 132. The number of ether oxygens (including phenoxy) is 6. The molecule has 28 heteroatoms. The van der Waals surface area contributed by atoms with Crippen LogP contribution in [0, 0.1) is 0 Å². The first-order valence-electron chi connectivity index (χ1n) is 55.5. The van der Waals surface area contributed by atoms with E-state index in [2.05, 4.69) is 125 Å². The lowest BCUT2D eigenvalue weighted by molar-refractivity contribution is -0.152. The first-order chi connectivity index (χ1) is 66.6. The molecule has 0 heterocycles. The fourth-order valence-corrected chi connectivity index (χ4v) is 17.5. The molecule has 0 aromatic rings. The van der Waals surface area contributed by atoms with Crippen LogP contribution >= 0.6 is 15.6 Å². The number of allylic oxidation sites excluding steroid dienone is 8. The number of rotatable bonds is 104. The predicted octanol–water partition coefficient (Wildman–Crippen LogP) is 27.4. The standard InChI is InChI=1S/C109H202N4O22P2/c1-9-17-25-33-39-45-51-59-67-75-100(134-108(120)79-71-63-55-49-43-37-29-21-13-5)89-104(116)112-96(92-126-85-81-98(73-65-57-31-23-15-7)132-106(118)77-69-61-53-47-41-35-27-19-11-3)94-130-136(122,123)128-87-83-110-102(114)91-103(115)111-84-88-129-137(124,125)131-95-97(93-127-86-82-99(74-66-58-32-24-16-8)133-107(119)78-70-62-54-48-42-36-28-20-12-4)113-105(117)90-101(76-68-60-52-46-40-34-26-18-10-2)135-109(121)80-72-64-56-50-44-38-30-22-14-6/h47-50,53-56,96-101H,9-46,51-52,57-95H2,1-8H3,(H,110,114)(H,111,115)(H,112,116)(H,113,117)(H,122,123)(H,124,125)/b53-47-,54-48-,55-49+,56-50+/t96?,97?,98-,99-,100-,101-/m1/s1. The molecule has 8 atom stereocenters. The second-order valence-corrected chi connectivity index (χ2v) is 40.6. The minimum Gasteiger partial charge on any atom is -0.462 e. The molecular formula is C109H202N4O22P2. The number of carbonyl (C=O) groups excluding carboxylic acids is 8. The van der Waals surface area contributed by atoms with Crippen LogP contribution in [-0.4, -0.2) is 160 Å². The Hall–Kier alpha value is -5.14. The van der Waals surface area contributed by atoms with E-state index in [-0.39, 0.29) is 102 Å². The van der Waals surface area contributed by atoms with Crippen LogP contribution in [0.2, 0.25) is 0 Å². The number of hydrogen-bond donors (Lipinski definition) is 6. The Morgan fingerprint density at radius 3 is 0.745 bits per heavy atom. The van der Waals surface area contributed by atoms with Crippen molar-refractivity contribution in [2.75, 3.05) is 65.9 Å². The number of phosphoric acid groups is 2. The molecule has 0 aliphatic rings. The summed E-state index contributed by atoms with van der Waals surface area (Å²) in [5.41, 5.74) is 0. The van der Waals surface area contributed by atoms with Crippen LogP contribution in [0.5, 0.6) is 0 Å². The second kappa shape index (κ2) is 98.3. The lowest BCUT2D eigenvalue weighted by atomic mass is 10.0. The van der Waals surface area contributed by atoms with Crippen LogP contribution in [0.3, 0.4) is 0 Å². The number of esters is 4. The van der Waals surface area contributed by atoms with Gasteiger partial charge in [0, 0.05) is 51.6 Å². The highest BCUT2D eigenvalue weighted by Gasteiger charge is 2.30. The third-order valence-electron chi connectivity index (χ3n) is 24.2. The highest BCUT2D eigenvalue weighted by Crippen LogP contribution is 2.44. The molecule has 4 unspecified atom stereocenters. The fourth-order valence-electron chi connectivity index (χ4n) is 15.9. The minimum atomic E-state index is -4.90. The van der Waals surface area contributed by atoms with Gasteiger partial charge in [0.15, 0.2) is 0 Å². The van der Waals surface area contributed by atoms with Crippen molar-refractivity contribution in [2.45, 2.75) is 535 Å². The van der Waals surface area contributed by atoms with Gasteiger partial charge in [-0.15, -0.1) is 0 Å². The third-order valence-corrected chi connectivity index (χ3v) is 26.2.